The molecule has 0 amide bonds. The number of nitrogens with one attached hydrogen (secondary N) is 1. The van der Waals surface area contributed by atoms with Gasteiger partial charge < -0.3 is 4.98 Å². The van der Waals surface area contributed by atoms with Crippen molar-refractivity contribution in [3.63, 3.8) is 0 Å². The van der Waals surface area contributed by atoms with E-state index in [1.54, 1.807) is 6.20 Å². The Kier molecular flexibility index (Phi) is 3.95. The van der Waals surface area contributed by atoms with Crippen LogP contribution < -0.4 is 0 Å². The zero-order valence-electron chi connectivity index (χ0n) is 13.1. The fraction of sp³-hybridized carbons (Fsp3) is 0.412. The Morgan fingerprint density at radius 3 is 3.00 bits per heavy atom. The average molecular weight is 341 g/mol. The molecule has 0 saturated heterocycles. The standard InChI is InChI=1S/C17H17ClN6/c18-17-22-15(13-6-8-20-16(13)23-17)12-9-21-24(10-12)14(5-7-19)11-3-1-2-4-11/h6,8-11,14H,1-5H2,(H,20,22,23). The maximum absolute atomic E-state index is 9.20. The van der Waals surface area contributed by atoms with Gasteiger partial charge in [-0.2, -0.15) is 15.3 Å². The van der Waals surface area contributed by atoms with Gasteiger partial charge in [-0.05, 0) is 36.4 Å². The predicted octanol–water partition coefficient (Wildman–Crippen LogP) is 4.12. The summed E-state index contributed by atoms with van der Waals surface area (Å²) in [7, 11) is 0. The van der Waals surface area contributed by atoms with E-state index >= 15 is 0 Å². The molecular formula is C17H17ClN6. The van der Waals surface area contributed by atoms with Crippen molar-refractivity contribution in [2.75, 3.05) is 0 Å². The third-order valence-electron chi connectivity index (χ3n) is 4.85. The highest BCUT2D eigenvalue weighted by Gasteiger charge is 2.27. The van der Waals surface area contributed by atoms with Gasteiger partial charge in [-0.15, -0.1) is 0 Å². The summed E-state index contributed by atoms with van der Waals surface area (Å²) >= 11 is 6.04. The second-order valence-corrected chi connectivity index (χ2v) is 6.60. The molecule has 1 fully saturated rings. The molecule has 3 aromatic heterocycles. The number of fused-ring (bicyclic) bond motifs is 1. The van der Waals surface area contributed by atoms with Crippen molar-refractivity contribution in [1.29, 1.82) is 5.26 Å². The highest BCUT2D eigenvalue weighted by atomic mass is 35.5. The molecule has 0 aliphatic heterocycles. The molecule has 24 heavy (non-hydrogen) atoms. The number of halogens is 1. The van der Waals surface area contributed by atoms with Crippen LogP contribution in [-0.2, 0) is 0 Å². The second kappa shape index (κ2) is 6.25. The van der Waals surface area contributed by atoms with Crippen molar-refractivity contribution in [1.82, 2.24) is 24.7 Å². The van der Waals surface area contributed by atoms with Gasteiger partial charge in [-0.25, -0.2) is 4.98 Å². The van der Waals surface area contributed by atoms with Crippen LogP contribution in [0.2, 0.25) is 5.28 Å². The minimum absolute atomic E-state index is 0.130. The summed E-state index contributed by atoms with van der Waals surface area (Å²) in [6.45, 7) is 0. The zero-order valence-corrected chi connectivity index (χ0v) is 13.9. The van der Waals surface area contributed by atoms with Crippen LogP contribution in [0.25, 0.3) is 22.3 Å². The first-order valence-corrected chi connectivity index (χ1v) is 8.56. The molecule has 3 aromatic rings. The number of aromatic amines is 1. The Bertz CT molecular complexity index is 899. The molecule has 3 heterocycles. The molecular weight excluding hydrogens is 324 g/mol. The summed E-state index contributed by atoms with van der Waals surface area (Å²) in [5.41, 5.74) is 2.37. The van der Waals surface area contributed by atoms with E-state index in [9.17, 15) is 5.26 Å². The first-order chi connectivity index (χ1) is 11.8. The smallest absolute Gasteiger partial charge is 0.224 e. The topological polar surface area (TPSA) is 83.2 Å². The first-order valence-electron chi connectivity index (χ1n) is 8.18. The van der Waals surface area contributed by atoms with E-state index < -0.39 is 0 Å². The number of hydrogen-bond acceptors (Lipinski definition) is 4. The van der Waals surface area contributed by atoms with Crippen molar-refractivity contribution >= 4 is 22.6 Å². The molecule has 1 atom stereocenters. The Balaban J connectivity index is 1.73. The van der Waals surface area contributed by atoms with Crippen molar-refractivity contribution in [3.05, 3.63) is 29.9 Å². The Hall–Kier alpha value is -2.39. The van der Waals surface area contributed by atoms with Gasteiger partial charge in [0.1, 0.15) is 5.65 Å². The van der Waals surface area contributed by atoms with Crippen molar-refractivity contribution in [3.8, 4) is 17.3 Å². The molecule has 1 aliphatic rings. The SMILES string of the molecule is N#CCC(C1CCCC1)n1cc(-c2nc(Cl)nc3[nH]ccc23)cn1. The Morgan fingerprint density at radius 2 is 2.21 bits per heavy atom. The molecule has 0 spiro atoms. The van der Waals surface area contributed by atoms with Gasteiger partial charge in [0.05, 0.1) is 30.4 Å². The van der Waals surface area contributed by atoms with E-state index in [-0.39, 0.29) is 11.3 Å². The minimum atomic E-state index is 0.130. The maximum atomic E-state index is 9.20. The first kappa shape index (κ1) is 15.2. The lowest BCUT2D eigenvalue weighted by molar-refractivity contribution is 0.315. The van der Waals surface area contributed by atoms with Crippen molar-refractivity contribution < 1.29 is 0 Å². The molecule has 0 aromatic carbocycles. The monoisotopic (exact) mass is 340 g/mol. The quantitative estimate of drug-likeness (QED) is 0.724. The van der Waals surface area contributed by atoms with E-state index in [2.05, 4.69) is 26.1 Å². The average Bonchev–Trinajstić information content (AvgIpc) is 3.31. The van der Waals surface area contributed by atoms with Gasteiger partial charge in [0.15, 0.2) is 0 Å². The van der Waals surface area contributed by atoms with Gasteiger partial charge >= 0.3 is 0 Å². The molecule has 4 rings (SSSR count). The molecule has 1 aliphatic carbocycles. The lowest BCUT2D eigenvalue weighted by Gasteiger charge is -2.21. The summed E-state index contributed by atoms with van der Waals surface area (Å²) < 4.78 is 1.93. The normalized spacial score (nSPS) is 16.5. The molecule has 0 bridgehead atoms. The summed E-state index contributed by atoms with van der Waals surface area (Å²) in [6.07, 6.45) is 10.9. The van der Waals surface area contributed by atoms with Gasteiger partial charge in [-0.3, -0.25) is 4.68 Å². The van der Waals surface area contributed by atoms with Crippen molar-refractivity contribution in [2.24, 2.45) is 5.92 Å². The van der Waals surface area contributed by atoms with Crippen LogP contribution in [-0.4, -0.2) is 24.7 Å². The number of nitriles is 1. The Morgan fingerprint density at radius 1 is 1.38 bits per heavy atom. The van der Waals surface area contributed by atoms with E-state index in [1.807, 2.05) is 23.1 Å². The highest BCUT2D eigenvalue weighted by molar-refractivity contribution is 6.28. The van der Waals surface area contributed by atoms with Gasteiger partial charge in [0.2, 0.25) is 5.28 Å². The summed E-state index contributed by atoms with van der Waals surface area (Å²) in [6, 6.07) is 4.38. The lowest BCUT2D eigenvalue weighted by atomic mass is 9.96. The van der Waals surface area contributed by atoms with Crippen LogP contribution >= 0.6 is 11.6 Å². The molecule has 1 unspecified atom stereocenters. The fourth-order valence-corrected chi connectivity index (χ4v) is 3.86. The van der Waals surface area contributed by atoms with E-state index in [1.165, 1.54) is 25.7 Å². The van der Waals surface area contributed by atoms with E-state index in [4.69, 9.17) is 11.6 Å². The van der Waals surface area contributed by atoms with Gasteiger partial charge in [0, 0.05) is 23.3 Å². The van der Waals surface area contributed by atoms with Crippen molar-refractivity contribution in [2.45, 2.75) is 38.1 Å². The largest absolute Gasteiger partial charge is 0.346 e. The molecule has 1 N–H and O–H groups in total. The summed E-state index contributed by atoms with van der Waals surface area (Å²) in [5, 5.41) is 14.8. The third kappa shape index (κ3) is 2.65. The van der Waals surface area contributed by atoms with Gasteiger partial charge in [-0.1, -0.05) is 12.8 Å². The molecule has 6 nitrogen and oxygen atoms in total. The van der Waals surface area contributed by atoms with Crippen LogP contribution in [0.15, 0.2) is 24.7 Å². The van der Waals surface area contributed by atoms with Crippen LogP contribution in [0.4, 0.5) is 0 Å². The van der Waals surface area contributed by atoms with Crippen LogP contribution in [0.3, 0.4) is 0 Å². The number of rotatable bonds is 4. The van der Waals surface area contributed by atoms with E-state index in [0.717, 1.165) is 16.6 Å². The molecule has 0 radical (unpaired) electrons. The lowest BCUT2D eigenvalue weighted by Crippen LogP contribution is -2.17. The fourth-order valence-electron chi connectivity index (χ4n) is 3.69. The number of aromatic nitrogens is 5. The summed E-state index contributed by atoms with van der Waals surface area (Å²) in [5.74, 6) is 0.527. The van der Waals surface area contributed by atoms with Gasteiger partial charge in [0.25, 0.3) is 0 Å². The highest BCUT2D eigenvalue weighted by Crippen LogP contribution is 2.36. The van der Waals surface area contributed by atoms with Crippen LogP contribution in [0.5, 0.6) is 0 Å². The minimum Gasteiger partial charge on any atom is -0.346 e. The zero-order chi connectivity index (χ0) is 16.5. The summed E-state index contributed by atoms with van der Waals surface area (Å²) in [4.78, 5) is 11.6. The number of H-pyrrole nitrogens is 1. The van der Waals surface area contributed by atoms with Crippen LogP contribution in [0.1, 0.15) is 38.1 Å². The van der Waals surface area contributed by atoms with Crippen LogP contribution in [0, 0.1) is 17.2 Å². The van der Waals surface area contributed by atoms with E-state index in [0.29, 0.717) is 18.0 Å². The third-order valence-corrected chi connectivity index (χ3v) is 5.02. The second-order valence-electron chi connectivity index (χ2n) is 6.26. The molecule has 7 heteroatoms. The molecule has 122 valence electrons. The number of nitrogens with zero attached hydrogens (tertiary/aromatic N) is 5. The molecule has 1 saturated carbocycles. The predicted molar refractivity (Wildman–Crippen MR) is 91.3 cm³/mol. The number of hydrogen-bond donors (Lipinski definition) is 1. The maximum Gasteiger partial charge on any atom is 0.224 e. The Labute approximate surface area is 144 Å².